The molecule has 0 aliphatic rings. The summed E-state index contributed by atoms with van der Waals surface area (Å²) in [5, 5.41) is 2.77. The van der Waals surface area contributed by atoms with E-state index < -0.39 is 0 Å². The summed E-state index contributed by atoms with van der Waals surface area (Å²) in [7, 11) is 0. The molecule has 0 radical (unpaired) electrons. The van der Waals surface area contributed by atoms with Gasteiger partial charge in [0.2, 0.25) is 5.91 Å². The Bertz CT molecular complexity index is 363. The van der Waals surface area contributed by atoms with E-state index in [1.165, 1.54) is 39.5 Å². The topological polar surface area (TPSA) is 55.4 Å². The van der Waals surface area contributed by atoms with Crippen LogP contribution in [0.3, 0.4) is 0 Å². The minimum Gasteiger partial charge on any atom is -0.460 e. The van der Waals surface area contributed by atoms with Gasteiger partial charge in [-0.05, 0) is 32.6 Å². The van der Waals surface area contributed by atoms with Crippen molar-refractivity contribution in [1.82, 2.24) is 5.32 Å². The summed E-state index contributed by atoms with van der Waals surface area (Å²) < 4.78 is 5.27. The number of ether oxygens (including phenoxy) is 1. The Labute approximate surface area is 135 Å². The molecule has 0 rings (SSSR count). The second-order valence-corrected chi connectivity index (χ2v) is 5.62. The minimum absolute atomic E-state index is 0.117. The summed E-state index contributed by atoms with van der Waals surface area (Å²) in [5.74, 6) is -0.439. The van der Waals surface area contributed by atoms with Crippen molar-refractivity contribution >= 4 is 11.9 Å². The summed E-state index contributed by atoms with van der Waals surface area (Å²) in [6.07, 6.45) is 13.4. The Hall–Kier alpha value is -1.58. The molecule has 0 aromatic rings. The molecule has 1 amide bonds. The fraction of sp³-hybridized carbons (Fsp3) is 0.667. The number of hydrogen-bond acceptors (Lipinski definition) is 3. The largest absolute Gasteiger partial charge is 0.460 e. The van der Waals surface area contributed by atoms with Crippen LogP contribution in [0.1, 0.15) is 65.7 Å². The fourth-order valence-corrected chi connectivity index (χ4v) is 2.23. The lowest BCUT2D eigenvalue weighted by atomic mass is 10.1. The lowest BCUT2D eigenvalue weighted by molar-refractivity contribution is -0.148. The molecule has 0 unspecified atom stereocenters. The molecule has 126 valence electrons. The van der Waals surface area contributed by atoms with Crippen molar-refractivity contribution in [2.24, 2.45) is 0 Å². The van der Waals surface area contributed by atoms with E-state index in [2.05, 4.69) is 18.0 Å². The van der Waals surface area contributed by atoms with Crippen LogP contribution < -0.4 is 5.32 Å². The van der Waals surface area contributed by atoms with Gasteiger partial charge in [-0.1, -0.05) is 31.1 Å². The van der Waals surface area contributed by atoms with Crippen molar-refractivity contribution in [2.45, 2.75) is 77.9 Å². The molecule has 0 fully saturated rings. The molecule has 1 N–H and O–H groups in total. The summed E-state index contributed by atoms with van der Waals surface area (Å²) in [5.41, 5.74) is 0. The quantitative estimate of drug-likeness (QED) is 0.338. The van der Waals surface area contributed by atoms with E-state index in [1.54, 1.807) is 0 Å². The maximum Gasteiger partial charge on any atom is 0.302 e. The lowest BCUT2D eigenvalue weighted by Gasteiger charge is -2.23. The van der Waals surface area contributed by atoms with Gasteiger partial charge in [0.15, 0.2) is 0 Å². The number of nitrogens with one attached hydrogen (secondary N) is 1. The fourth-order valence-electron chi connectivity index (χ4n) is 2.23. The van der Waals surface area contributed by atoms with Crippen molar-refractivity contribution in [3.05, 3.63) is 24.8 Å². The number of hydrogen-bond donors (Lipinski definition) is 1. The zero-order valence-corrected chi connectivity index (χ0v) is 14.3. The van der Waals surface area contributed by atoms with Crippen LogP contribution in [-0.4, -0.2) is 24.0 Å². The van der Waals surface area contributed by atoms with Crippen molar-refractivity contribution < 1.29 is 14.3 Å². The molecule has 4 nitrogen and oxygen atoms in total. The van der Waals surface area contributed by atoms with E-state index in [4.69, 9.17) is 4.74 Å². The third kappa shape index (κ3) is 12.2. The molecule has 0 aromatic carbocycles. The van der Waals surface area contributed by atoms with E-state index in [9.17, 15) is 9.59 Å². The van der Waals surface area contributed by atoms with Crippen LogP contribution in [0, 0.1) is 0 Å². The lowest BCUT2D eigenvalue weighted by Crippen LogP contribution is -2.41. The van der Waals surface area contributed by atoms with E-state index >= 15 is 0 Å². The molecule has 0 aliphatic heterocycles. The van der Waals surface area contributed by atoms with Crippen LogP contribution in [0.5, 0.6) is 0 Å². The maximum atomic E-state index is 11.1. The predicted octanol–water partition coefficient (Wildman–Crippen LogP) is 3.92. The molecule has 0 bridgehead atoms. The smallest absolute Gasteiger partial charge is 0.302 e. The number of rotatable bonds is 12. The van der Waals surface area contributed by atoms with Gasteiger partial charge in [-0.15, -0.1) is 6.58 Å². The van der Waals surface area contributed by atoms with Gasteiger partial charge in [-0.25, -0.2) is 0 Å². The van der Waals surface area contributed by atoms with Crippen molar-refractivity contribution in [2.75, 3.05) is 0 Å². The summed E-state index contributed by atoms with van der Waals surface area (Å²) in [6.45, 7) is 8.42. The summed E-state index contributed by atoms with van der Waals surface area (Å²) in [4.78, 5) is 22.2. The van der Waals surface area contributed by atoms with Gasteiger partial charge in [0, 0.05) is 20.3 Å². The molecule has 22 heavy (non-hydrogen) atoms. The van der Waals surface area contributed by atoms with Crippen molar-refractivity contribution in [1.29, 1.82) is 0 Å². The molecule has 2 atom stereocenters. The second-order valence-electron chi connectivity index (χ2n) is 5.62. The number of esters is 1. The third-order valence-electron chi connectivity index (χ3n) is 3.37. The zero-order valence-electron chi connectivity index (χ0n) is 14.3. The van der Waals surface area contributed by atoms with Gasteiger partial charge in [-0.2, -0.15) is 0 Å². The average molecular weight is 309 g/mol. The van der Waals surface area contributed by atoms with Gasteiger partial charge in [-0.3, -0.25) is 9.59 Å². The first-order valence-electron chi connectivity index (χ1n) is 8.17. The molecule has 0 aromatic heterocycles. The summed E-state index contributed by atoms with van der Waals surface area (Å²) >= 11 is 0. The van der Waals surface area contributed by atoms with Crippen LogP contribution in [0.15, 0.2) is 24.8 Å². The number of amides is 1. The minimum atomic E-state index is -0.321. The van der Waals surface area contributed by atoms with Gasteiger partial charge >= 0.3 is 5.97 Å². The highest BCUT2D eigenvalue weighted by atomic mass is 16.5. The number of carbonyl (C=O) groups is 2. The first-order chi connectivity index (χ1) is 10.5. The van der Waals surface area contributed by atoms with Crippen LogP contribution in [0.25, 0.3) is 0 Å². The second kappa shape index (κ2) is 13.1. The number of unbranched alkanes of at least 4 members (excludes halogenated alkanes) is 5. The molecule has 4 heteroatoms. The molecular formula is C18H31NO3. The zero-order chi connectivity index (χ0) is 16.8. The van der Waals surface area contributed by atoms with E-state index in [-0.39, 0.29) is 24.0 Å². The molecule has 0 aliphatic carbocycles. The van der Waals surface area contributed by atoms with E-state index in [0.29, 0.717) is 6.42 Å². The highest BCUT2D eigenvalue weighted by Gasteiger charge is 2.19. The third-order valence-corrected chi connectivity index (χ3v) is 3.37. The Morgan fingerprint density at radius 3 is 2.27 bits per heavy atom. The van der Waals surface area contributed by atoms with Gasteiger partial charge in [0.25, 0.3) is 0 Å². The van der Waals surface area contributed by atoms with Gasteiger partial charge < -0.3 is 10.1 Å². The monoisotopic (exact) mass is 309 g/mol. The molecule has 0 heterocycles. The Morgan fingerprint density at radius 2 is 1.73 bits per heavy atom. The van der Waals surface area contributed by atoms with Gasteiger partial charge in [0.05, 0.1) is 6.04 Å². The van der Waals surface area contributed by atoms with Crippen LogP contribution >= 0.6 is 0 Å². The number of carbonyl (C=O) groups excluding carboxylic acids is 2. The van der Waals surface area contributed by atoms with E-state index in [1.807, 2.05) is 19.1 Å². The number of allylic oxidation sites excluding steroid dienone is 2. The SMILES string of the molecule is C=CCCCCCC/C=C/C[C@@H](OC(C)=O)[C@@H](C)NC(C)=O. The van der Waals surface area contributed by atoms with Crippen LogP contribution in [0.2, 0.25) is 0 Å². The highest BCUT2D eigenvalue weighted by Crippen LogP contribution is 2.09. The predicted molar refractivity (Wildman–Crippen MR) is 90.5 cm³/mol. The standard InChI is InChI=1S/C18H31NO3/c1-5-6-7-8-9-10-11-12-13-14-18(22-17(4)21)15(2)19-16(3)20/h5,12-13,15,18H,1,6-11,14H2,2-4H3,(H,19,20)/b13-12+/t15-,18-/m1/s1. The van der Waals surface area contributed by atoms with Crippen LogP contribution in [0.4, 0.5) is 0 Å². The molecule has 0 spiro atoms. The summed E-state index contributed by atoms with van der Waals surface area (Å²) in [6, 6.07) is -0.190. The Kier molecular flexibility index (Phi) is 12.2. The van der Waals surface area contributed by atoms with E-state index in [0.717, 1.165) is 12.8 Å². The normalized spacial score (nSPS) is 13.6. The first kappa shape index (κ1) is 20.4. The maximum absolute atomic E-state index is 11.1. The molecular weight excluding hydrogens is 278 g/mol. The molecule has 0 saturated heterocycles. The van der Waals surface area contributed by atoms with Crippen molar-refractivity contribution in [3.8, 4) is 0 Å². The first-order valence-corrected chi connectivity index (χ1v) is 8.17. The highest BCUT2D eigenvalue weighted by molar-refractivity contribution is 5.73. The van der Waals surface area contributed by atoms with Gasteiger partial charge in [0.1, 0.15) is 6.10 Å². The Balaban J connectivity index is 4.00. The average Bonchev–Trinajstić information content (AvgIpc) is 2.43. The van der Waals surface area contributed by atoms with Crippen LogP contribution in [-0.2, 0) is 14.3 Å². The Morgan fingerprint density at radius 1 is 1.09 bits per heavy atom. The van der Waals surface area contributed by atoms with Crippen molar-refractivity contribution in [3.63, 3.8) is 0 Å². The molecule has 0 saturated carbocycles.